The molecule has 3 aliphatic heterocycles. The number of hydrogen-bond donors (Lipinski definition) is 0. The quantitative estimate of drug-likeness (QED) is 0.523. The lowest BCUT2D eigenvalue weighted by atomic mass is 10.0. The van der Waals surface area contributed by atoms with Crippen LogP contribution in [0.25, 0.3) is 0 Å². The van der Waals surface area contributed by atoms with Crippen LogP contribution in [-0.4, -0.2) is 77.5 Å². The van der Waals surface area contributed by atoms with Crippen molar-refractivity contribution in [2.75, 3.05) is 37.7 Å². The van der Waals surface area contributed by atoms with E-state index in [0.717, 1.165) is 6.20 Å². The predicted molar refractivity (Wildman–Crippen MR) is 136 cm³/mol. The Morgan fingerprint density at radius 3 is 2.68 bits per heavy atom. The van der Waals surface area contributed by atoms with E-state index in [9.17, 15) is 27.6 Å². The van der Waals surface area contributed by atoms with Gasteiger partial charge in [0, 0.05) is 31.4 Å². The van der Waals surface area contributed by atoms with Crippen molar-refractivity contribution in [2.24, 2.45) is 16.1 Å². The molecule has 1 unspecified atom stereocenters. The predicted octanol–water partition coefficient (Wildman–Crippen LogP) is 3.30. The number of nitrogens with zero attached hydrogens (tertiary/aromatic N) is 7. The van der Waals surface area contributed by atoms with Crippen molar-refractivity contribution in [1.29, 1.82) is 5.26 Å². The lowest BCUT2D eigenvalue weighted by molar-refractivity contribution is -0.177. The molecule has 0 aliphatic carbocycles. The highest BCUT2D eigenvalue weighted by molar-refractivity contribution is 6.01. The van der Waals surface area contributed by atoms with Crippen LogP contribution in [0, 0.1) is 17.2 Å². The Morgan fingerprint density at radius 1 is 1.15 bits per heavy atom. The summed E-state index contributed by atoms with van der Waals surface area (Å²) in [5, 5.41) is 15.5. The van der Waals surface area contributed by atoms with Gasteiger partial charge >= 0.3 is 6.18 Å². The van der Waals surface area contributed by atoms with Gasteiger partial charge in [0.05, 0.1) is 23.5 Å². The van der Waals surface area contributed by atoms with Gasteiger partial charge in [0.25, 0.3) is 11.8 Å². The van der Waals surface area contributed by atoms with Gasteiger partial charge in [-0.2, -0.15) is 23.5 Å². The summed E-state index contributed by atoms with van der Waals surface area (Å²) in [6.45, 7) is 0.674. The third-order valence-corrected chi connectivity index (χ3v) is 7.11. The van der Waals surface area contributed by atoms with Crippen molar-refractivity contribution in [2.45, 2.75) is 25.1 Å². The molecular weight excluding hydrogens is 543 g/mol. The fourth-order valence-electron chi connectivity index (χ4n) is 5.09. The number of hydrogen-bond acceptors (Lipinski definition) is 8. The van der Waals surface area contributed by atoms with E-state index in [4.69, 9.17) is 10.00 Å². The van der Waals surface area contributed by atoms with Crippen LogP contribution in [0.4, 0.5) is 19.0 Å². The molecule has 0 bridgehead atoms. The van der Waals surface area contributed by atoms with Crippen molar-refractivity contribution >= 4 is 23.5 Å². The van der Waals surface area contributed by atoms with Crippen molar-refractivity contribution in [3.8, 4) is 11.8 Å². The Labute approximate surface area is 232 Å². The summed E-state index contributed by atoms with van der Waals surface area (Å²) < 4.78 is 46.7. The molecule has 2 atom stereocenters. The highest BCUT2D eigenvalue weighted by Gasteiger charge is 2.51. The van der Waals surface area contributed by atoms with E-state index in [0.29, 0.717) is 42.1 Å². The summed E-state index contributed by atoms with van der Waals surface area (Å²) in [6, 6.07) is 11.0. The monoisotopic (exact) mass is 567 g/mol. The SMILES string of the molecule is N#Cc1ccc(N2CCN(C(=O)c3cccc(OC[C@@H]4CCCN4C4=CN=NC(=O)C4C(F)(F)F)c3)CC2=O)nc1. The van der Waals surface area contributed by atoms with E-state index >= 15 is 0 Å². The molecule has 3 amide bonds. The minimum absolute atomic E-state index is 0.0274. The molecule has 0 spiro atoms. The second-order valence-electron chi connectivity index (χ2n) is 9.70. The number of likely N-dealkylation sites (tertiary alicyclic amines) is 1. The molecule has 2 aromatic rings. The number of benzene rings is 1. The van der Waals surface area contributed by atoms with Crippen LogP contribution in [0.2, 0.25) is 0 Å². The van der Waals surface area contributed by atoms with Crippen LogP contribution in [0.15, 0.2) is 64.7 Å². The summed E-state index contributed by atoms with van der Waals surface area (Å²) in [4.78, 5) is 46.4. The number of aromatic nitrogens is 1. The van der Waals surface area contributed by atoms with Crippen molar-refractivity contribution in [3.63, 3.8) is 0 Å². The molecule has 1 aromatic carbocycles. The van der Waals surface area contributed by atoms with E-state index in [2.05, 4.69) is 15.2 Å². The zero-order valence-electron chi connectivity index (χ0n) is 21.6. The van der Waals surface area contributed by atoms with E-state index in [1.165, 1.54) is 27.0 Å². The zero-order valence-corrected chi connectivity index (χ0v) is 21.6. The maximum Gasteiger partial charge on any atom is 0.406 e. The van der Waals surface area contributed by atoms with E-state index in [1.54, 1.807) is 30.3 Å². The van der Waals surface area contributed by atoms with E-state index < -0.39 is 24.0 Å². The summed E-state index contributed by atoms with van der Waals surface area (Å²) in [5.74, 6) is -3.66. The van der Waals surface area contributed by atoms with Crippen LogP contribution < -0.4 is 9.64 Å². The fraction of sp³-hybridized carbons (Fsp3) is 0.370. The van der Waals surface area contributed by atoms with Crippen LogP contribution in [0.3, 0.4) is 0 Å². The lowest BCUT2D eigenvalue weighted by Crippen LogP contribution is -2.52. The molecule has 3 aliphatic rings. The van der Waals surface area contributed by atoms with E-state index in [1.807, 2.05) is 6.07 Å². The average molecular weight is 568 g/mol. The van der Waals surface area contributed by atoms with Gasteiger partial charge in [-0.3, -0.25) is 19.3 Å². The second-order valence-corrected chi connectivity index (χ2v) is 9.70. The Morgan fingerprint density at radius 2 is 1.98 bits per heavy atom. The number of nitriles is 1. The normalized spacial score (nSPS) is 21.1. The second kappa shape index (κ2) is 11.4. The maximum absolute atomic E-state index is 13.6. The highest BCUT2D eigenvalue weighted by Crippen LogP contribution is 2.39. The molecule has 0 N–H and O–H groups in total. The summed E-state index contributed by atoms with van der Waals surface area (Å²) in [6.07, 6.45) is -1.28. The van der Waals surface area contributed by atoms with Crippen molar-refractivity contribution in [1.82, 2.24) is 14.8 Å². The number of carbonyl (C=O) groups is 3. The average Bonchev–Trinajstić information content (AvgIpc) is 3.44. The minimum Gasteiger partial charge on any atom is -0.491 e. The van der Waals surface area contributed by atoms with Crippen LogP contribution in [-0.2, 0) is 9.59 Å². The molecule has 5 rings (SSSR count). The number of ether oxygens (including phenoxy) is 1. The number of anilines is 1. The van der Waals surface area contributed by atoms with Gasteiger partial charge in [-0.15, -0.1) is 5.11 Å². The number of pyridine rings is 1. The van der Waals surface area contributed by atoms with Gasteiger partial charge in [-0.1, -0.05) is 6.07 Å². The number of piperazine rings is 1. The van der Waals surface area contributed by atoms with Crippen molar-refractivity contribution in [3.05, 3.63) is 65.6 Å². The molecule has 2 fully saturated rings. The minimum atomic E-state index is -4.80. The standard InChI is InChI=1S/C27H24F3N7O4/c28-27(29,30)24-21(14-33-34-25(24)39)36-8-2-4-19(36)16-41-20-5-1-3-18(11-20)26(40)35-9-10-37(23(38)15-35)22-7-6-17(12-31)13-32-22/h1,3,5-7,11,13-14,19,24H,2,4,8-10,15-16H2/t19-,24?/m0/s1. The lowest BCUT2D eigenvalue weighted by Gasteiger charge is -2.34. The maximum atomic E-state index is 13.6. The molecule has 4 heterocycles. The molecular formula is C27H24F3N7O4. The van der Waals surface area contributed by atoms with Gasteiger partial charge in [0.15, 0.2) is 5.92 Å². The third-order valence-electron chi connectivity index (χ3n) is 7.11. The van der Waals surface area contributed by atoms with Gasteiger partial charge in [0.2, 0.25) is 5.91 Å². The summed E-state index contributed by atoms with van der Waals surface area (Å²) in [5.41, 5.74) is 0.421. The first kappa shape index (κ1) is 27.8. The molecule has 212 valence electrons. The number of alkyl halides is 3. The third kappa shape index (κ3) is 5.88. The van der Waals surface area contributed by atoms with Crippen LogP contribution in [0.1, 0.15) is 28.8 Å². The number of rotatable bonds is 6. The number of azo groups is 1. The number of carbonyl (C=O) groups excluding carboxylic acids is 3. The van der Waals surface area contributed by atoms with E-state index in [-0.39, 0.29) is 43.8 Å². The smallest absolute Gasteiger partial charge is 0.406 e. The molecule has 11 nitrogen and oxygen atoms in total. The first-order valence-electron chi connectivity index (χ1n) is 12.8. The Hall–Kier alpha value is -4.80. The molecule has 14 heteroatoms. The number of halogens is 3. The molecule has 41 heavy (non-hydrogen) atoms. The Balaban J connectivity index is 1.21. The van der Waals surface area contributed by atoms with Gasteiger partial charge in [0.1, 0.15) is 30.8 Å². The van der Waals surface area contributed by atoms with Crippen molar-refractivity contribution < 1.29 is 32.3 Å². The van der Waals surface area contributed by atoms with Gasteiger partial charge in [-0.25, -0.2) is 4.98 Å². The van der Waals surface area contributed by atoms with Crippen LogP contribution >= 0.6 is 0 Å². The first-order valence-corrected chi connectivity index (χ1v) is 12.8. The molecule has 0 saturated carbocycles. The Kier molecular flexibility index (Phi) is 7.69. The molecule has 1 aromatic heterocycles. The van der Waals surface area contributed by atoms with Crippen LogP contribution in [0.5, 0.6) is 5.75 Å². The first-order chi connectivity index (χ1) is 19.7. The molecule has 0 radical (unpaired) electrons. The largest absolute Gasteiger partial charge is 0.491 e. The zero-order chi connectivity index (χ0) is 29.1. The Bertz CT molecular complexity index is 1450. The van der Waals surface area contributed by atoms with Gasteiger partial charge in [-0.05, 0) is 43.2 Å². The fourth-order valence-corrected chi connectivity index (χ4v) is 5.09. The molecule has 2 saturated heterocycles. The topological polar surface area (TPSA) is 132 Å². The summed E-state index contributed by atoms with van der Waals surface area (Å²) in [7, 11) is 0. The van der Waals surface area contributed by atoms with Gasteiger partial charge < -0.3 is 14.5 Å². The summed E-state index contributed by atoms with van der Waals surface area (Å²) >= 11 is 0. The highest BCUT2D eigenvalue weighted by atomic mass is 19.4. The number of amides is 3.